The third-order valence-electron chi connectivity index (χ3n) is 3.54. The summed E-state index contributed by atoms with van der Waals surface area (Å²) in [6.07, 6.45) is 0. The van der Waals surface area contributed by atoms with Crippen LogP contribution in [0.1, 0.15) is 5.56 Å². The molecule has 0 saturated heterocycles. The molecular weight excluding hydrogens is 356 g/mol. The SMILES string of the molecule is COc1cccc(Cl)c1CNC(=N)Nc1nc(-c2ccccc2)cs1. The number of benzene rings is 2. The van der Waals surface area contributed by atoms with Crippen molar-refractivity contribution in [1.29, 1.82) is 5.41 Å². The molecule has 0 aliphatic rings. The highest BCUT2D eigenvalue weighted by Crippen LogP contribution is 2.26. The van der Waals surface area contributed by atoms with E-state index < -0.39 is 0 Å². The minimum atomic E-state index is 0.149. The molecular formula is C18H17ClN4OS. The zero-order valence-corrected chi connectivity index (χ0v) is 15.1. The van der Waals surface area contributed by atoms with Crippen LogP contribution in [0.5, 0.6) is 5.75 Å². The summed E-state index contributed by atoms with van der Waals surface area (Å²) in [5, 5.41) is 17.2. The van der Waals surface area contributed by atoms with Gasteiger partial charge in [0.2, 0.25) is 0 Å². The van der Waals surface area contributed by atoms with Crippen LogP contribution in [-0.2, 0) is 6.54 Å². The Hall–Kier alpha value is -2.57. The fraction of sp³-hybridized carbons (Fsp3) is 0.111. The molecule has 3 N–H and O–H groups in total. The molecule has 0 bridgehead atoms. The number of halogens is 1. The maximum atomic E-state index is 8.05. The Labute approximate surface area is 155 Å². The first-order chi connectivity index (χ1) is 12.2. The Bertz CT molecular complexity index is 867. The van der Waals surface area contributed by atoms with Crippen LogP contribution in [0, 0.1) is 5.41 Å². The van der Waals surface area contributed by atoms with E-state index in [0.717, 1.165) is 16.8 Å². The molecule has 0 aliphatic heterocycles. The molecule has 0 spiro atoms. The van der Waals surface area contributed by atoms with Gasteiger partial charge in [0.1, 0.15) is 5.75 Å². The Morgan fingerprint density at radius 3 is 2.76 bits per heavy atom. The molecule has 0 aliphatic carbocycles. The highest BCUT2D eigenvalue weighted by Gasteiger charge is 2.09. The third kappa shape index (κ3) is 4.29. The summed E-state index contributed by atoms with van der Waals surface area (Å²) in [4.78, 5) is 4.50. The van der Waals surface area contributed by atoms with Gasteiger partial charge in [-0.3, -0.25) is 5.41 Å². The lowest BCUT2D eigenvalue weighted by atomic mass is 10.2. The van der Waals surface area contributed by atoms with Crippen LogP contribution in [0.2, 0.25) is 5.02 Å². The van der Waals surface area contributed by atoms with Gasteiger partial charge >= 0.3 is 0 Å². The number of nitrogens with zero attached hydrogens (tertiary/aromatic N) is 1. The van der Waals surface area contributed by atoms with Crippen molar-refractivity contribution in [3.63, 3.8) is 0 Å². The second-order valence-corrected chi connectivity index (χ2v) is 6.44. The van der Waals surface area contributed by atoms with Crippen molar-refractivity contribution in [2.75, 3.05) is 12.4 Å². The van der Waals surface area contributed by atoms with Crippen molar-refractivity contribution in [2.45, 2.75) is 6.54 Å². The van der Waals surface area contributed by atoms with E-state index in [1.165, 1.54) is 11.3 Å². The third-order valence-corrected chi connectivity index (χ3v) is 4.66. The molecule has 0 unspecified atom stereocenters. The molecule has 0 radical (unpaired) electrons. The quantitative estimate of drug-likeness (QED) is 0.452. The van der Waals surface area contributed by atoms with E-state index in [0.29, 0.717) is 22.4 Å². The lowest BCUT2D eigenvalue weighted by Crippen LogP contribution is -2.29. The zero-order chi connectivity index (χ0) is 17.6. The van der Waals surface area contributed by atoms with Gasteiger partial charge < -0.3 is 15.4 Å². The highest BCUT2D eigenvalue weighted by molar-refractivity contribution is 7.14. The maximum Gasteiger partial charge on any atom is 0.195 e. The first-order valence-electron chi connectivity index (χ1n) is 7.59. The van der Waals surface area contributed by atoms with E-state index in [4.69, 9.17) is 21.7 Å². The molecule has 5 nitrogen and oxygen atoms in total. The van der Waals surface area contributed by atoms with Gasteiger partial charge in [-0.25, -0.2) is 4.98 Å². The van der Waals surface area contributed by atoms with Crippen molar-refractivity contribution < 1.29 is 4.74 Å². The molecule has 0 atom stereocenters. The molecule has 1 aromatic heterocycles. The van der Waals surface area contributed by atoms with Crippen LogP contribution in [0.3, 0.4) is 0 Å². The van der Waals surface area contributed by atoms with Crippen LogP contribution in [0.4, 0.5) is 5.13 Å². The number of aromatic nitrogens is 1. The topological polar surface area (TPSA) is 70.0 Å². The van der Waals surface area contributed by atoms with Gasteiger partial charge in [-0.2, -0.15) is 0 Å². The molecule has 0 saturated carbocycles. The monoisotopic (exact) mass is 372 g/mol. The first-order valence-corrected chi connectivity index (χ1v) is 8.85. The molecule has 3 aromatic rings. The summed E-state index contributed by atoms with van der Waals surface area (Å²) < 4.78 is 5.30. The van der Waals surface area contributed by atoms with E-state index in [1.54, 1.807) is 13.2 Å². The lowest BCUT2D eigenvalue weighted by Gasteiger charge is -2.12. The second kappa shape index (κ2) is 8.00. The highest BCUT2D eigenvalue weighted by atomic mass is 35.5. The Balaban J connectivity index is 1.61. The smallest absolute Gasteiger partial charge is 0.195 e. The standard InChI is InChI=1S/C18H17ClN4OS/c1-24-16-9-5-8-14(19)13(16)10-21-17(20)23-18-22-15(11-25-18)12-6-3-2-4-7-12/h2-9,11H,10H2,1H3,(H3,20,21,22,23). The van der Waals surface area contributed by atoms with Gasteiger partial charge in [0.05, 0.1) is 12.8 Å². The fourth-order valence-corrected chi connectivity index (χ4v) is 3.26. The van der Waals surface area contributed by atoms with Crippen molar-refractivity contribution in [1.82, 2.24) is 10.3 Å². The molecule has 7 heteroatoms. The van der Waals surface area contributed by atoms with E-state index in [9.17, 15) is 0 Å². The maximum absolute atomic E-state index is 8.05. The van der Waals surface area contributed by atoms with E-state index >= 15 is 0 Å². The number of anilines is 1. The number of ether oxygens (including phenoxy) is 1. The summed E-state index contributed by atoms with van der Waals surface area (Å²) in [5.74, 6) is 0.837. The summed E-state index contributed by atoms with van der Waals surface area (Å²) in [6, 6.07) is 15.4. The van der Waals surface area contributed by atoms with Crippen LogP contribution < -0.4 is 15.4 Å². The molecule has 3 rings (SSSR count). The Morgan fingerprint density at radius 2 is 2.00 bits per heavy atom. The van der Waals surface area contributed by atoms with Gasteiger partial charge in [-0.1, -0.05) is 48.0 Å². The molecule has 2 aromatic carbocycles. The summed E-state index contributed by atoms with van der Waals surface area (Å²) in [5.41, 5.74) is 2.74. The molecule has 1 heterocycles. The average molecular weight is 373 g/mol. The summed E-state index contributed by atoms with van der Waals surface area (Å²) in [6.45, 7) is 0.381. The number of nitrogens with one attached hydrogen (secondary N) is 3. The first kappa shape index (κ1) is 17.3. The predicted molar refractivity (Wildman–Crippen MR) is 104 cm³/mol. The number of hydrogen-bond donors (Lipinski definition) is 3. The summed E-state index contributed by atoms with van der Waals surface area (Å²) >= 11 is 7.65. The van der Waals surface area contributed by atoms with Crippen LogP contribution in [-0.4, -0.2) is 18.1 Å². The molecule has 128 valence electrons. The normalized spacial score (nSPS) is 10.3. The predicted octanol–water partition coefficient (Wildman–Crippen LogP) is 4.61. The number of thiazole rings is 1. The van der Waals surface area contributed by atoms with E-state index in [2.05, 4.69) is 15.6 Å². The molecule has 25 heavy (non-hydrogen) atoms. The van der Waals surface area contributed by atoms with Crippen LogP contribution >= 0.6 is 22.9 Å². The van der Waals surface area contributed by atoms with Crippen LogP contribution in [0.15, 0.2) is 53.9 Å². The largest absolute Gasteiger partial charge is 0.496 e. The zero-order valence-electron chi connectivity index (χ0n) is 13.5. The number of guanidine groups is 1. The van der Waals surface area contributed by atoms with Crippen molar-refractivity contribution >= 4 is 34.0 Å². The van der Waals surface area contributed by atoms with Gasteiger partial charge in [0, 0.05) is 28.1 Å². The molecule has 0 fully saturated rings. The number of hydrogen-bond acceptors (Lipinski definition) is 4. The Kier molecular flexibility index (Phi) is 5.53. The van der Waals surface area contributed by atoms with Gasteiger partial charge in [-0.15, -0.1) is 11.3 Å². The van der Waals surface area contributed by atoms with E-state index in [1.807, 2.05) is 47.8 Å². The average Bonchev–Trinajstić information content (AvgIpc) is 3.09. The Morgan fingerprint density at radius 1 is 1.20 bits per heavy atom. The van der Waals surface area contributed by atoms with Gasteiger partial charge in [0.25, 0.3) is 0 Å². The number of methoxy groups -OCH3 is 1. The van der Waals surface area contributed by atoms with Crippen molar-refractivity contribution in [3.05, 3.63) is 64.5 Å². The van der Waals surface area contributed by atoms with Crippen LogP contribution in [0.25, 0.3) is 11.3 Å². The fourth-order valence-electron chi connectivity index (χ4n) is 2.30. The minimum Gasteiger partial charge on any atom is -0.496 e. The second-order valence-electron chi connectivity index (χ2n) is 5.18. The number of rotatable bonds is 5. The lowest BCUT2D eigenvalue weighted by molar-refractivity contribution is 0.409. The minimum absolute atomic E-state index is 0.149. The van der Waals surface area contributed by atoms with Gasteiger partial charge in [0.15, 0.2) is 11.1 Å². The van der Waals surface area contributed by atoms with E-state index in [-0.39, 0.29) is 5.96 Å². The van der Waals surface area contributed by atoms with Crippen molar-refractivity contribution in [2.24, 2.45) is 0 Å². The molecule has 0 amide bonds. The summed E-state index contributed by atoms with van der Waals surface area (Å²) in [7, 11) is 1.60. The van der Waals surface area contributed by atoms with Crippen molar-refractivity contribution in [3.8, 4) is 17.0 Å². The van der Waals surface area contributed by atoms with Gasteiger partial charge in [-0.05, 0) is 12.1 Å².